The molecular formula is C17H28N4O2. The van der Waals surface area contributed by atoms with E-state index in [0.717, 1.165) is 51.1 Å². The zero-order valence-corrected chi connectivity index (χ0v) is 14.5. The van der Waals surface area contributed by atoms with E-state index in [-0.39, 0.29) is 12.0 Å². The van der Waals surface area contributed by atoms with E-state index in [0.29, 0.717) is 17.8 Å². The van der Waals surface area contributed by atoms with Gasteiger partial charge in [0.15, 0.2) is 5.82 Å². The first kappa shape index (κ1) is 16.4. The van der Waals surface area contributed by atoms with Crippen LogP contribution < -0.4 is 0 Å². The third-order valence-corrected chi connectivity index (χ3v) is 5.13. The molecule has 2 saturated heterocycles. The second-order valence-corrected chi connectivity index (χ2v) is 7.14. The molecule has 1 amide bonds. The van der Waals surface area contributed by atoms with Crippen LogP contribution in [0.25, 0.3) is 0 Å². The van der Waals surface area contributed by atoms with Gasteiger partial charge in [-0.2, -0.15) is 4.98 Å². The van der Waals surface area contributed by atoms with Crippen LogP contribution in [0.2, 0.25) is 0 Å². The fourth-order valence-corrected chi connectivity index (χ4v) is 3.92. The SMILES string of the molecule is Cc1nc([C@@H]2CCCN(C(=O)[C@H]3CCCCN3C(C)C)C2)no1. The lowest BCUT2D eigenvalue weighted by molar-refractivity contribution is -0.140. The van der Waals surface area contributed by atoms with E-state index in [1.165, 1.54) is 6.42 Å². The highest BCUT2D eigenvalue weighted by atomic mass is 16.5. The summed E-state index contributed by atoms with van der Waals surface area (Å²) >= 11 is 0. The Labute approximate surface area is 138 Å². The lowest BCUT2D eigenvalue weighted by Gasteiger charge is -2.41. The van der Waals surface area contributed by atoms with E-state index in [1.54, 1.807) is 0 Å². The summed E-state index contributed by atoms with van der Waals surface area (Å²) in [6, 6.07) is 0.471. The maximum Gasteiger partial charge on any atom is 0.239 e. The molecule has 2 atom stereocenters. The zero-order chi connectivity index (χ0) is 16.4. The summed E-state index contributed by atoms with van der Waals surface area (Å²) in [5, 5.41) is 4.05. The summed E-state index contributed by atoms with van der Waals surface area (Å²) < 4.78 is 5.11. The molecule has 0 bridgehead atoms. The van der Waals surface area contributed by atoms with Gasteiger partial charge in [-0.3, -0.25) is 9.69 Å². The Hall–Kier alpha value is -1.43. The number of amides is 1. The van der Waals surface area contributed by atoms with Crippen LogP contribution in [0, 0.1) is 6.92 Å². The van der Waals surface area contributed by atoms with Crippen molar-refractivity contribution in [1.82, 2.24) is 19.9 Å². The zero-order valence-electron chi connectivity index (χ0n) is 14.5. The van der Waals surface area contributed by atoms with Crippen molar-refractivity contribution in [1.29, 1.82) is 0 Å². The first-order valence-electron chi connectivity index (χ1n) is 8.91. The molecule has 0 aliphatic carbocycles. The van der Waals surface area contributed by atoms with Gasteiger partial charge in [-0.05, 0) is 46.1 Å². The number of carbonyl (C=O) groups is 1. The highest BCUT2D eigenvalue weighted by molar-refractivity contribution is 5.82. The number of piperidine rings is 2. The summed E-state index contributed by atoms with van der Waals surface area (Å²) in [4.78, 5) is 21.8. The minimum absolute atomic E-state index is 0.0505. The molecule has 0 spiro atoms. The van der Waals surface area contributed by atoms with Crippen LogP contribution in [0.4, 0.5) is 0 Å². The van der Waals surface area contributed by atoms with Gasteiger partial charge in [-0.15, -0.1) is 0 Å². The summed E-state index contributed by atoms with van der Waals surface area (Å²) in [5.41, 5.74) is 0. The fraction of sp³-hybridized carbons (Fsp3) is 0.824. The van der Waals surface area contributed by atoms with Crippen molar-refractivity contribution in [2.75, 3.05) is 19.6 Å². The van der Waals surface area contributed by atoms with Crippen LogP contribution in [0.3, 0.4) is 0 Å². The Bertz CT molecular complexity index is 542. The fourth-order valence-electron chi connectivity index (χ4n) is 3.92. The van der Waals surface area contributed by atoms with Crippen LogP contribution in [0.1, 0.15) is 63.6 Å². The summed E-state index contributed by atoms with van der Waals surface area (Å²) in [6.07, 6.45) is 5.38. The van der Waals surface area contributed by atoms with Crippen LogP contribution >= 0.6 is 0 Å². The maximum absolute atomic E-state index is 13.1. The van der Waals surface area contributed by atoms with Gasteiger partial charge in [0.05, 0.1) is 6.04 Å². The number of carbonyl (C=O) groups excluding carboxylic acids is 1. The molecule has 0 radical (unpaired) electrons. The maximum atomic E-state index is 13.1. The molecule has 0 unspecified atom stereocenters. The molecular weight excluding hydrogens is 292 g/mol. The normalized spacial score (nSPS) is 26.7. The standard InChI is InChI=1S/C17H28N4O2/c1-12(2)21-10-5-4-8-15(21)17(22)20-9-6-7-14(11-20)16-18-13(3)23-19-16/h12,14-15H,4-11H2,1-3H3/t14-,15-/m1/s1. The number of aryl methyl sites for hydroxylation is 1. The smallest absolute Gasteiger partial charge is 0.239 e. The minimum atomic E-state index is 0.0505. The molecule has 0 N–H and O–H groups in total. The monoisotopic (exact) mass is 320 g/mol. The van der Waals surface area contributed by atoms with Gasteiger partial charge in [-0.25, -0.2) is 0 Å². The minimum Gasteiger partial charge on any atom is -0.341 e. The van der Waals surface area contributed by atoms with Crippen molar-refractivity contribution >= 4 is 5.91 Å². The number of aromatic nitrogens is 2. The Morgan fingerprint density at radius 3 is 2.74 bits per heavy atom. The Balaban J connectivity index is 1.68. The Morgan fingerprint density at radius 1 is 1.22 bits per heavy atom. The van der Waals surface area contributed by atoms with Gasteiger partial charge in [0.25, 0.3) is 0 Å². The van der Waals surface area contributed by atoms with Gasteiger partial charge >= 0.3 is 0 Å². The van der Waals surface area contributed by atoms with E-state index < -0.39 is 0 Å². The average Bonchev–Trinajstić information content (AvgIpc) is 3.01. The summed E-state index contributed by atoms with van der Waals surface area (Å²) in [6.45, 7) is 8.80. The van der Waals surface area contributed by atoms with Crippen LogP contribution in [-0.4, -0.2) is 57.6 Å². The van der Waals surface area contributed by atoms with E-state index in [2.05, 4.69) is 28.9 Å². The number of hydrogen-bond donors (Lipinski definition) is 0. The predicted molar refractivity (Wildman–Crippen MR) is 87.1 cm³/mol. The van der Waals surface area contributed by atoms with Crippen molar-refractivity contribution in [3.63, 3.8) is 0 Å². The molecule has 6 heteroatoms. The summed E-state index contributed by atoms with van der Waals surface area (Å²) in [7, 11) is 0. The van der Waals surface area contributed by atoms with Crippen molar-refractivity contribution in [3.05, 3.63) is 11.7 Å². The molecule has 23 heavy (non-hydrogen) atoms. The second-order valence-electron chi connectivity index (χ2n) is 7.14. The largest absolute Gasteiger partial charge is 0.341 e. The van der Waals surface area contributed by atoms with Crippen LogP contribution in [0.5, 0.6) is 0 Å². The van der Waals surface area contributed by atoms with Crippen molar-refractivity contribution in [2.45, 2.75) is 70.9 Å². The van der Waals surface area contributed by atoms with Crippen molar-refractivity contribution in [3.8, 4) is 0 Å². The van der Waals surface area contributed by atoms with E-state index in [1.807, 2.05) is 11.8 Å². The molecule has 0 aromatic carbocycles. The lowest BCUT2D eigenvalue weighted by atomic mass is 9.94. The van der Waals surface area contributed by atoms with Gasteiger partial charge in [0, 0.05) is 32.0 Å². The third kappa shape index (κ3) is 3.57. The number of nitrogens with zero attached hydrogens (tertiary/aromatic N) is 4. The second kappa shape index (κ2) is 6.99. The van der Waals surface area contributed by atoms with Gasteiger partial charge in [0.2, 0.25) is 11.8 Å². The van der Waals surface area contributed by atoms with E-state index in [4.69, 9.17) is 4.52 Å². The quantitative estimate of drug-likeness (QED) is 0.855. The van der Waals surface area contributed by atoms with E-state index >= 15 is 0 Å². The molecule has 128 valence electrons. The molecule has 2 fully saturated rings. The first-order chi connectivity index (χ1) is 11.1. The van der Waals surface area contributed by atoms with Crippen molar-refractivity contribution in [2.24, 2.45) is 0 Å². The van der Waals surface area contributed by atoms with Gasteiger partial charge < -0.3 is 9.42 Å². The topological polar surface area (TPSA) is 62.5 Å². The highest BCUT2D eigenvalue weighted by Gasteiger charge is 2.36. The van der Waals surface area contributed by atoms with Gasteiger partial charge in [0.1, 0.15) is 0 Å². The highest BCUT2D eigenvalue weighted by Crippen LogP contribution is 2.28. The average molecular weight is 320 g/mol. The number of hydrogen-bond acceptors (Lipinski definition) is 5. The van der Waals surface area contributed by atoms with E-state index in [9.17, 15) is 4.79 Å². The predicted octanol–water partition coefficient (Wildman–Crippen LogP) is 2.35. The molecule has 1 aromatic heterocycles. The molecule has 2 aliphatic rings. The molecule has 2 aliphatic heterocycles. The summed E-state index contributed by atoms with van der Waals surface area (Å²) in [5.74, 6) is 1.86. The Kier molecular flexibility index (Phi) is 4.99. The van der Waals surface area contributed by atoms with Gasteiger partial charge in [-0.1, -0.05) is 11.6 Å². The lowest BCUT2D eigenvalue weighted by Crippen LogP contribution is -2.54. The first-order valence-corrected chi connectivity index (χ1v) is 8.91. The molecule has 6 nitrogen and oxygen atoms in total. The van der Waals surface area contributed by atoms with Crippen LogP contribution in [0.15, 0.2) is 4.52 Å². The molecule has 0 saturated carbocycles. The number of likely N-dealkylation sites (tertiary alicyclic amines) is 2. The molecule has 3 heterocycles. The van der Waals surface area contributed by atoms with Crippen LogP contribution in [-0.2, 0) is 4.79 Å². The number of rotatable bonds is 3. The molecule has 3 rings (SSSR count). The third-order valence-electron chi connectivity index (χ3n) is 5.13. The molecule has 1 aromatic rings. The Morgan fingerprint density at radius 2 is 2.04 bits per heavy atom. The van der Waals surface area contributed by atoms with Crippen molar-refractivity contribution < 1.29 is 9.32 Å².